The van der Waals surface area contributed by atoms with Gasteiger partial charge in [0.15, 0.2) is 5.78 Å². The molecule has 3 nitrogen and oxygen atoms in total. The molecular formula is C22H28O3. The zero-order chi connectivity index (χ0) is 17.4. The number of rotatable bonds is 0. The highest BCUT2D eigenvalue weighted by atomic mass is 16.6. The maximum absolute atomic E-state index is 11.9. The molecule has 0 bridgehead atoms. The molecule has 0 aromatic rings. The smallest absolute Gasteiger partial charge is 0.306 e. The van der Waals surface area contributed by atoms with Crippen molar-refractivity contribution in [2.45, 2.75) is 70.8 Å². The summed E-state index contributed by atoms with van der Waals surface area (Å²) in [6.07, 6.45) is 14.3. The van der Waals surface area contributed by atoms with Gasteiger partial charge in [-0.25, -0.2) is 0 Å². The van der Waals surface area contributed by atoms with Crippen molar-refractivity contribution in [3.63, 3.8) is 0 Å². The Morgan fingerprint density at radius 3 is 2.56 bits per heavy atom. The number of fused-ring (bicyclic) bond motifs is 6. The van der Waals surface area contributed by atoms with Gasteiger partial charge in [-0.1, -0.05) is 26.0 Å². The fourth-order valence-electron chi connectivity index (χ4n) is 7.29. The van der Waals surface area contributed by atoms with E-state index in [1.54, 1.807) is 0 Å². The first-order valence-corrected chi connectivity index (χ1v) is 10.0. The van der Waals surface area contributed by atoms with Crippen LogP contribution in [0, 0.1) is 28.6 Å². The van der Waals surface area contributed by atoms with Crippen LogP contribution in [0.4, 0.5) is 0 Å². The summed E-state index contributed by atoms with van der Waals surface area (Å²) < 4.78 is 5.99. The van der Waals surface area contributed by atoms with E-state index in [9.17, 15) is 9.59 Å². The van der Waals surface area contributed by atoms with Crippen LogP contribution in [0.25, 0.3) is 0 Å². The van der Waals surface area contributed by atoms with Crippen LogP contribution in [-0.4, -0.2) is 17.4 Å². The number of esters is 1. The van der Waals surface area contributed by atoms with Crippen molar-refractivity contribution < 1.29 is 14.3 Å². The second kappa shape index (κ2) is 4.86. The number of ether oxygens (including phenoxy) is 1. The van der Waals surface area contributed by atoms with Gasteiger partial charge in [-0.3, -0.25) is 9.59 Å². The molecule has 1 saturated heterocycles. The molecule has 5 rings (SSSR count). The van der Waals surface area contributed by atoms with Crippen molar-refractivity contribution in [2.24, 2.45) is 28.6 Å². The van der Waals surface area contributed by atoms with Gasteiger partial charge in [-0.2, -0.15) is 0 Å². The summed E-state index contributed by atoms with van der Waals surface area (Å²) in [4.78, 5) is 23.8. The summed E-state index contributed by atoms with van der Waals surface area (Å²) in [6, 6.07) is 0. The third-order valence-electron chi connectivity index (χ3n) is 8.85. The summed E-state index contributed by atoms with van der Waals surface area (Å²) in [7, 11) is 0. The quantitative estimate of drug-likeness (QED) is 0.615. The van der Waals surface area contributed by atoms with Gasteiger partial charge in [0.25, 0.3) is 0 Å². The molecule has 3 heteroatoms. The summed E-state index contributed by atoms with van der Waals surface area (Å²) in [6.45, 7) is 4.78. The van der Waals surface area contributed by atoms with Crippen LogP contribution in [0.5, 0.6) is 0 Å². The molecule has 2 saturated carbocycles. The van der Waals surface area contributed by atoms with Crippen molar-refractivity contribution in [2.75, 3.05) is 0 Å². The van der Waals surface area contributed by atoms with Crippen LogP contribution >= 0.6 is 0 Å². The van der Waals surface area contributed by atoms with Crippen LogP contribution in [0.2, 0.25) is 0 Å². The van der Waals surface area contributed by atoms with Gasteiger partial charge in [0.2, 0.25) is 0 Å². The van der Waals surface area contributed by atoms with Crippen LogP contribution in [0.1, 0.15) is 65.2 Å². The van der Waals surface area contributed by atoms with E-state index in [1.165, 1.54) is 18.4 Å². The normalized spacial score (nSPS) is 51.0. The van der Waals surface area contributed by atoms with E-state index in [1.807, 2.05) is 6.08 Å². The van der Waals surface area contributed by atoms with Crippen molar-refractivity contribution in [3.05, 3.63) is 23.8 Å². The maximum atomic E-state index is 11.9. The molecule has 25 heavy (non-hydrogen) atoms. The highest BCUT2D eigenvalue weighted by molar-refractivity contribution is 5.92. The topological polar surface area (TPSA) is 43.4 Å². The third-order valence-corrected chi connectivity index (χ3v) is 8.85. The molecule has 1 spiro atoms. The number of ketones is 1. The molecule has 6 atom stereocenters. The third kappa shape index (κ3) is 1.88. The summed E-state index contributed by atoms with van der Waals surface area (Å²) >= 11 is 0. The van der Waals surface area contributed by atoms with Crippen molar-refractivity contribution in [1.29, 1.82) is 0 Å². The van der Waals surface area contributed by atoms with Gasteiger partial charge < -0.3 is 4.74 Å². The van der Waals surface area contributed by atoms with Crippen LogP contribution in [-0.2, 0) is 14.3 Å². The van der Waals surface area contributed by atoms with Crippen LogP contribution in [0.3, 0.4) is 0 Å². The van der Waals surface area contributed by atoms with Crippen molar-refractivity contribution in [3.8, 4) is 0 Å². The molecule has 1 aliphatic heterocycles. The molecule has 134 valence electrons. The average Bonchev–Trinajstić information content (AvgIpc) is 3.10. The van der Waals surface area contributed by atoms with Crippen LogP contribution < -0.4 is 0 Å². The predicted octanol–water partition coefficient (Wildman–Crippen LogP) is 4.37. The summed E-state index contributed by atoms with van der Waals surface area (Å²) in [5.74, 6) is 2.08. The van der Waals surface area contributed by atoms with E-state index in [-0.39, 0.29) is 28.2 Å². The van der Waals surface area contributed by atoms with E-state index in [2.05, 4.69) is 26.0 Å². The Morgan fingerprint density at radius 1 is 1.00 bits per heavy atom. The fraction of sp³-hybridized carbons (Fsp3) is 0.727. The Kier molecular flexibility index (Phi) is 3.08. The molecule has 4 aliphatic carbocycles. The standard InChI is InChI=1S/C22H28O3/c1-20-9-5-15(23)13-14(20)3-4-16-17(20)6-10-21(2)18(16)7-11-22(21)12-8-19(24)25-22/h3-4,13,16-18H,5-12H2,1-2H3/t16?,17?,18?,20?,21-,22?/m0/s1. The zero-order valence-corrected chi connectivity index (χ0v) is 15.3. The van der Waals surface area contributed by atoms with Gasteiger partial charge in [0.05, 0.1) is 0 Å². The van der Waals surface area contributed by atoms with E-state index in [0.29, 0.717) is 30.6 Å². The molecule has 1 heterocycles. The van der Waals surface area contributed by atoms with E-state index < -0.39 is 0 Å². The molecule has 5 unspecified atom stereocenters. The van der Waals surface area contributed by atoms with E-state index in [0.717, 1.165) is 25.7 Å². The van der Waals surface area contributed by atoms with Gasteiger partial charge in [-0.05, 0) is 73.3 Å². The van der Waals surface area contributed by atoms with E-state index >= 15 is 0 Å². The fourth-order valence-corrected chi connectivity index (χ4v) is 7.29. The Labute approximate surface area is 149 Å². The highest BCUT2D eigenvalue weighted by Gasteiger charge is 2.66. The van der Waals surface area contributed by atoms with E-state index in [4.69, 9.17) is 4.74 Å². The highest BCUT2D eigenvalue weighted by Crippen LogP contribution is 2.68. The first-order chi connectivity index (χ1) is 11.9. The number of allylic oxidation sites excluding steroid dienone is 4. The minimum Gasteiger partial charge on any atom is -0.458 e. The first-order valence-electron chi connectivity index (χ1n) is 10.0. The average molecular weight is 340 g/mol. The Balaban J connectivity index is 1.53. The molecule has 0 aromatic carbocycles. The first kappa shape index (κ1) is 15.8. The van der Waals surface area contributed by atoms with Crippen LogP contribution in [0.15, 0.2) is 23.8 Å². The largest absolute Gasteiger partial charge is 0.458 e. The molecule has 0 amide bonds. The lowest BCUT2D eigenvalue weighted by Gasteiger charge is -2.57. The molecule has 5 aliphatic rings. The molecule has 3 fully saturated rings. The Bertz CT molecular complexity index is 719. The lowest BCUT2D eigenvalue weighted by molar-refractivity contribution is -0.165. The van der Waals surface area contributed by atoms with Gasteiger partial charge in [0, 0.05) is 18.3 Å². The SMILES string of the molecule is CC12CCC(=O)C=C1C=CC1C2CC[C@@]2(C)C1CCC21CCC(=O)O1. The summed E-state index contributed by atoms with van der Waals surface area (Å²) in [5.41, 5.74) is 1.32. The lowest BCUT2D eigenvalue weighted by atomic mass is 9.48. The minimum absolute atomic E-state index is 0.00570. The Morgan fingerprint density at radius 2 is 1.80 bits per heavy atom. The van der Waals surface area contributed by atoms with Crippen molar-refractivity contribution in [1.82, 2.24) is 0 Å². The van der Waals surface area contributed by atoms with Gasteiger partial charge in [-0.15, -0.1) is 0 Å². The van der Waals surface area contributed by atoms with Crippen molar-refractivity contribution >= 4 is 11.8 Å². The Hall–Kier alpha value is -1.38. The number of carbonyl (C=O) groups is 2. The second-order valence-electron chi connectivity index (χ2n) is 9.60. The zero-order valence-electron chi connectivity index (χ0n) is 15.3. The maximum Gasteiger partial charge on any atom is 0.306 e. The minimum atomic E-state index is -0.201. The van der Waals surface area contributed by atoms with Gasteiger partial charge >= 0.3 is 5.97 Å². The molecule has 0 aromatic heterocycles. The second-order valence-corrected chi connectivity index (χ2v) is 9.60. The number of carbonyl (C=O) groups excluding carboxylic acids is 2. The van der Waals surface area contributed by atoms with Gasteiger partial charge in [0.1, 0.15) is 5.60 Å². The summed E-state index contributed by atoms with van der Waals surface area (Å²) in [5, 5.41) is 0. The monoisotopic (exact) mass is 340 g/mol. The number of hydrogen-bond donors (Lipinski definition) is 0. The molecular weight excluding hydrogens is 312 g/mol. The molecule has 0 radical (unpaired) electrons. The molecule has 0 N–H and O–H groups in total. The lowest BCUT2D eigenvalue weighted by Crippen LogP contribution is -2.53. The number of hydrogen-bond acceptors (Lipinski definition) is 3. The predicted molar refractivity (Wildman–Crippen MR) is 94.7 cm³/mol.